The standard InChI is InChI=1S/C29H38F3N7O2/c1-40-18-22-14-20(30)17-38(22)21-8-6-19(7-9-21)16-33-25-15-26(36-29(35-25)37-10-12-41-13-11-37)39-24-5-3-2-4-23(24)34-28(39)27(31)32/h2-5,15,19-22,27H,6-14,16-18H2,1H3,(H,33,35,36)/t19-,20-,21+,22-/m0/s1. The minimum absolute atomic E-state index is 0.158. The second-order valence-corrected chi connectivity index (χ2v) is 11.3. The Bertz CT molecular complexity index is 1310. The van der Waals surface area contributed by atoms with E-state index in [1.54, 1.807) is 31.4 Å². The van der Waals surface area contributed by atoms with Crippen molar-refractivity contribution in [2.45, 2.75) is 56.8 Å². The van der Waals surface area contributed by atoms with Crippen molar-refractivity contribution in [3.63, 3.8) is 0 Å². The van der Waals surface area contributed by atoms with E-state index in [1.165, 1.54) is 4.57 Å². The Morgan fingerprint density at radius 3 is 2.61 bits per heavy atom. The number of rotatable bonds is 9. The van der Waals surface area contributed by atoms with Crippen LogP contribution < -0.4 is 10.2 Å². The number of anilines is 2. The van der Waals surface area contributed by atoms with Crippen molar-refractivity contribution in [1.29, 1.82) is 0 Å². The zero-order chi connectivity index (χ0) is 28.3. The lowest BCUT2D eigenvalue weighted by molar-refractivity contribution is 0.0680. The summed E-state index contributed by atoms with van der Waals surface area (Å²) in [6.07, 6.45) is 1.11. The van der Waals surface area contributed by atoms with Crippen LogP contribution in [0.15, 0.2) is 30.3 Å². The van der Waals surface area contributed by atoms with E-state index in [-0.39, 0.29) is 11.9 Å². The molecule has 0 radical (unpaired) electrons. The van der Waals surface area contributed by atoms with Gasteiger partial charge < -0.3 is 19.7 Å². The van der Waals surface area contributed by atoms with E-state index >= 15 is 0 Å². The van der Waals surface area contributed by atoms with Gasteiger partial charge in [-0.15, -0.1) is 0 Å². The number of hydrogen-bond acceptors (Lipinski definition) is 8. The summed E-state index contributed by atoms with van der Waals surface area (Å²) in [6.45, 7) is 4.15. The third kappa shape index (κ3) is 6.14. The number of halogens is 3. The van der Waals surface area contributed by atoms with Gasteiger partial charge in [-0.05, 0) is 50.2 Å². The molecule has 6 rings (SSSR count). The summed E-state index contributed by atoms with van der Waals surface area (Å²) in [6, 6.07) is 9.37. The highest BCUT2D eigenvalue weighted by molar-refractivity contribution is 5.78. The number of nitrogens with one attached hydrogen (secondary N) is 1. The number of methoxy groups -OCH3 is 1. The molecule has 1 N–H and O–H groups in total. The van der Waals surface area contributed by atoms with Gasteiger partial charge in [-0.3, -0.25) is 9.47 Å². The van der Waals surface area contributed by atoms with Gasteiger partial charge >= 0.3 is 0 Å². The van der Waals surface area contributed by atoms with Crippen LogP contribution in [0.1, 0.15) is 44.4 Å². The second kappa shape index (κ2) is 12.5. The number of imidazole rings is 1. The quantitative estimate of drug-likeness (QED) is 0.397. The summed E-state index contributed by atoms with van der Waals surface area (Å²) in [5, 5.41) is 3.49. The van der Waals surface area contributed by atoms with Gasteiger partial charge in [-0.25, -0.2) is 18.2 Å². The molecule has 0 spiro atoms. The van der Waals surface area contributed by atoms with Gasteiger partial charge in [-0.1, -0.05) is 12.1 Å². The van der Waals surface area contributed by atoms with E-state index in [1.807, 2.05) is 11.0 Å². The van der Waals surface area contributed by atoms with Gasteiger partial charge in [0, 0.05) is 51.4 Å². The Kier molecular flexibility index (Phi) is 8.59. The van der Waals surface area contributed by atoms with Crippen LogP contribution in [-0.4, -0.2) is 95.8 Å². The van der Waals surface area contributed by atoms with Crippen molar-refractivity contribution in [2.75, 3.05) is 63.3 Å². The molecule has 222 valence electrons. The van der Waals surface area contributed by atoms with Gasteiger partial charge in [0.05, 0.1) is 30.9 Å². The number of aromatic nitrogens is 4. The number of ether oxygens (including phenoxy) is 2. The van der Waals surface area contributed by atoms with Crippen LogP contribution in [-0.2, 0) is 9.47 Å². The summed E-state index contributed by atoms with van der Waals surface area (Å²) in [7, 11) is 1.68. The normalized spacial score (nSPS) is 25.8. The minimum Gasteiger partial charge on any atom is -0.383 e. The fraction of sp³-hybridized carbons (Fsp3) is 0.621. The van der Waals surface area contributed by atoms with Crippen LogP contribution in [0.3, 0.4) is 0 Å². The average molecular weight is 574 g/mol. The topological polar surface area (TPSA) is 80.6 Å². The Hall–Kier alpha value is -2.96. The maximum Gasteiger partial charge on any atom is 0.296 e. The first-order chi connectivity index (χ1) is 20.0. The van der Waals surface area contributed by atoms with Crippen LogP contribution in [0.5, 0.6) is 0 Å². The Labute approximate surface area is 238 Å². The third-order valence-electron chi connectivity index (χ3n) is 8.63. The summed E-state index contributed by atoms with van der Waals surface area (Å²) >= 11 is 0. The highest BCUT2D eigenvalue weighted by Gasteiger charge is 2.38. The molecule has 1 saturated carbocycles. The molecule has 3 aliphatic rings. The predicted molar refractivity (Wildman–Crippen MR) is 151 cm³/mol. The van der Waals surface area contributed by atoms with E-state index in [2.05, 4.69) is 15.2 Å². The first kappa shape index (κ1) is 28.2. The molecular weight excluding hydrogens is 535 g/mol. The highest BCUT2D eigenvalue weighted by Crippen LogP contribution is 2.34. The number of morpholine rings is 1. The highest BCUT2D eigenvalue weighted by atomic mass is 19.3. The van der Waals surface area contributed by atoms with Crippen molar-refractivity contribution < 1.29 is 22.6 Å². The van der Waals surface area contributed by atoms with Crippen molar-refractivity contribution in [3.05, 3.63) is 36.2 Å². The molecule has 41 heavy (non-hydrogen) atoms. The van der Waals surface area contributed by atoms with E-state index in [4.69, 9.17) is 19.4 Å². The number of fused-ring (bicyclic) bond motifs is 1. The van der Waals surface area contributed by atoms with Crippen molar-refractivity contribution >= 4 is 22.8 Å². The number of benzene rings is 1. The number of nitrogens with zero attached hydrogens (tertiary/aromatic N) is 6. The van der Waals surface area contributed by atoms with Crippen LogP contribution >= 0.6 is 0 Å². The van der Waals surface area contributed by atoms with E-state index in [0.29, 0.717) is 93.0 Å². The zero-order valence-corrected chi connectivity index (χ0v) is 23.4. The van der Waals surface area contributed by atoms with Crippen LogP contribution in [0, 0.1) is 5.92 Å². The van der Waals surface area contributed by atoms with Crippen LogP contribution in [0.2, 0.25) is 0 Å². The molecule has 2 aliphatic heterocycles. The molecular formula is C29H38F3N7O2. The molecule has 12 heteroatoms. The van der Waals surface area contributed by atoms with Gasteiger partial charge in [0.1, 0.15) is 17.8 Å². The van der Waals surface area contributed by atoms with Crippen LogP contribution in [0.25, 0.3) is 16.9 Å². The molecule has 2 aromatic heterocycles. The largest absolute Gasteiger partial charge is 0.383 e. The fourth-order valence-corrected chi connectivity index (χ4v) is 6.58. The predicted octanol–water partition coefficient (Wildman–Crippen LogP) is 4.62. The minimum atomic E-state index is -2.76. The summed E-state index contributed by atoms with van der Waals surface area (Å²) in [4.78, 5) is 18.1. The van der Waals surface area contributed by atoms with E-state index in [0.717, 1.165) is 25.7 Å². The molecule has 0 bridgehead atoms. The molecule has 2 saturated heterocycles. The summed E-state index contributed by atoms with van der Waals surface area (Å²) in [5.74, 6) is 1.53. The maximum absolute atomic E-state index is 14.2. The van der Waals surface area contributed by atoms with Crippen molar-refractivity contribution in [1.82, 2.24) is 24.4 Å². The molecule has 2 atom stereocenters. The molecule has 1 aliphatic carbocycles. The summed E-state index contributed by atoms with van der Waals surface area (Å²) < 4.78 is 54.7. The molecule has 0 amide bonds. The van der Waals surface area contributed by atoms with E-state index < -0.39 is 12.6 Å². The molecule has 3 aromatic rings. The van der Waals surface area contributed by atoms with Gasteiger partial charge in [0.2, 0.25) is 5.95 Å². The van der Waals surface area contributed by atoms with Gasteiger partial charge in [0.25, 0.3) is 6.43 Å². The Morgan fingerprint density at radius 2 is 1.85 bits per heavy atom. The van der Waals surface area contributed by atoms with Crippen LogP contribution in [0.4, 0.5) is 24.9 Å². The Balaban J connectivity index is 1.20. The first-order valence-electron chi connectivity index (χ1n) is 14.6. The lowest BCUT2D eigenvalue weighted by Crippen LogP contribution is -2.43. The number of likely N-dealkylation sites (tertiary alicyclic amines) is 1. The smallest absolute Gasteiger partial charge is 0.296 e. The molecule has 1 aromatic carbocycles. The zero-order valence-electron chi connectivity index (χ0n) is 23.4. The number of para-hydroxylation sites is 2. The monoisotopic (exact) mass is 573 g/mol. The fourth-order valence-electron chi connectivity index (χ4n) is 6.58. The molecule has 4 heterocycles. The van der Waals surface area contributed by atoms with Crippen molar-refractivity contribution in [3.8, 4) is 5.82 Å². The Morgan fingerprint density at radius 1 is 1.07 bits per heavy atom. The van der Waals surface area contributed by atoms with Gasteiger partial charge in [0.15, 0.2) is 5.82 Å². The van der Waals surface area contributed by atoms with Gasteiger partial charge in [-0.2, -0.15) is 9.97 Å². The average Bonchev–Trinajstić information content (AvgIpc) is 3.57. The lowest BCUT2D eigenvalue weighted by Gasteiger charge is -2.37. The molecule has 3 fully saturated rings. The third-order valence-corrected chi connectivity index (χ3v) is 8.63. The molecule has 9 nitrogen and oxygen atoms in total. The first-order valence-corrected chi connectivity index (χ1v) is 14.6. The number of alkyl halides is 3. The maximum atomic E-state index is 14.2. The number of hydrogen-bond donors (Lipinski definition) is 1. The SMILES string of the molecule is COC[C@@H]1C[C@H](F)CN1[C@H]1CC[C@@H](CNc2cc(-n3c(C(F)F)nc4ccccc43)nc(N3CCOCC3)n2)CC1. The van der Waals surface area contributed by atoms with Crippen molar-refractivity contribution in [2.24, 2.45) is 5.92 Å². The lowest BCUT2D eigenvalue weighted by atomic mass is 9.85. The summed E-state index contributed by atoms with van der Waals surface area (Å²) in [5.41, 5.74) is 1.06. The van der Waals surface area contributed by atoms with E-state index in [9.17, 15) is 13.2 Å². The molecule has 0 unspecified atom stereocenters. The second-order valence-electron chi connectivity index (χ2n) is 11.3.